The molecule has 0 radical (unpaired) electrons. The summed E-state index contributed by atoms with van der Waals surface area (Å²) < 4.78 is 1.61. The fraction of sp³-hybridized carbons (Fsp3) is 0.375. The first-order valence-corrected chi connectivity index (χ1v) is 4.28. The zero-order valence-corrected chi connectivity index (χ0v) is 7.75. The number of nitrogen functional groups attached to an aromatic ring is 1. The third-order valence-corrected chi connectivity index (χ3v) is 1.90. The minimum atomic E-state index is -0.464. The van der Waals surface area contributed by atoms with Crippen LogP contribution in [0.1, 0.15) is 6.92 Å². The van der Waals surface area contributed by atoms with E-state index in [1.54, 1.807) is 17.8 Å². The normalized spacial score (nSPS) is 13.3. The first-order valence-electron chi connectivity index (χ1n) is 4.28. The molecule has 2 aromatic rings. The van der Waals surface area contributed by atoms with Gasteiger partial charge in [-0.1, -0.05) is 0 Å². The molecule has 0 spiro atoms. The van der Waals surface area contributed by atoms with Gasteiger partial charge in [-0.3, -0.25) is 0 Å². The van der Waals surface area contributed by atoms with Crippen molar-refractivity contribution < 1.29 is 5.11 Å². The van der Waals surface area contributed by atoms with E-state index in [4.69, 9.17) is 5.73 Å². The second kappa shape index (κ2) is 3.22. The summed E-state index contributed by atoms with van der Waals surface area (Å²) in [4.78, 5) is 7.90. The quantitative estimate of drug-likeness (QED) is 0.688. The topological polar surface area (TPSA) is 89.8 Å². The van der Waals surface area contributed by atoms with Gasteiger partial charge in [0.05, 0.1) is 24.2 Å². The number of hydrogen-bond donors (Lipinski definition) is 2. The molecule has 2 heterocycles. The molecule has 0 aliphatic carbocycles. The molecule has 6 heteroatoms. The summed E-state index contributed by atoms with van der Waals surface area (Å²) in [6.45, 7) is 2.10. The molecule has 14 heavy (non-hydrogen) atoms. The van der Waals surface area contributed by atoms with Crippen molar-refractivity contribution in [2.45, 2.75) is 19.6 Å². The van der Waals surface area contributed by atoms with E-state index in [1.807, 2.05) is 0 Å². The van der Waals surface area contributed by atoms with E-state index in [0.717, 1.165) is 0 Å². The van der Waals surface area contributed by atoms with Crippen LogP contribution in [0, 0.1) is 0 Å². The van der Waals surface area contributed by atoms with Crippen LogP contribution in [-0.2, 0) is 6.54 Å². The average molecular weight is 193 g/mol. The predicted molar refractivity (Wildman–Crippen MR) is 51.4 cm³/mol. The summed E-state index contributed by atoms with van der Waals surface area (Å²) in [5, 5.41) is 14.0. The molecule has 2 rings (SSSR count). The van der Waals surface area contributed by atoms with E-state index in [9.17, 15) is 5.11 Å². The molecule has 0 aromatic carbocycles. The lowest BCUT2D eigenvalue weighted by Crippen LogP contribution is -2.13. The minimum Gasteiger partial charge on any atom is -0.391 e. The highest BCUT2D eigenvalue weighted by Crippen LogP contribution is 2.15. The van der Waals surface area contributed by atoms with Crippen LogP contribution in [0.25, 0.3) is 11.0 Å². The fourth-order valence-electron chi connectivity index (χ4n) is 1.29. The molecule has 1 atom stereocenters. The SMILES string of the molecule is C[C@@H](O)Cn1ncc2c(N)ncnc21. The van der Waals surface area contributed by atoms with E-state index < -0.39 is 6.10 Å². The van der Waals surface area contributed by atoms with Crippen molar-refractivity contribution in [3.63, 3.8) is 0 Å². The Morgan fingerprint density at radius 2 is 2.36 bits per heavy atom. The van der Waals surface area contributed by atoms with Crippen LogP contribution in [0.5, 0.6) is 0 Å². The van der Waals surface area contributed by atoms with Gasteiger partial charge in [-0.15, -0.1) is 0 Å². The Hall–Kier alpha value is -1.69. The van der Waals surface area contributed by atoms with Crippen molar-refractivity contribution in [1.29, 1.82) is 0 Å². The van der Waals surface area contributed by atoms with Crippen molar-refractivity contribution in [1.82, 2.24) is 19.7 Å². The van der Waals surface area contributed by atoms with Crippen molar-refractivity contribution in [2.75, 3.05) is 5.73 Å². The number of aliphatic hydroxyl groups is 1. The Kier molecular flexibility index (Phi) is 2.05. The number of anilines is 1. The maximum Gasteiger partial charge on any atom is 0.163 e. The Labute approximate surface area is 80.4 Å². The van der Waals surface area contributed by atoms with Crippen molar-refractivity contribution >= 4 is 16.9 Å². The van der Waals surface area contributed by atoms with Gasteiger partial charge in [0.2, 0.25) is 0 Å². The summed E-state index contributed by atoms with van der Waals surface area (Å²) >= 11 is 0. The number of aromatic nitrogens is 4. The predicted octanol–water partition coefficient (Wildman–Crippen LogP) is -0.211. The lowest BCUT2D eigenvalue weighted by atomic mass is 10.4. The van der Waals surface area contributed by atoms with Gasteiger partial charge in [-0.2, -0.15) is 5.10 Å². The molecule has 0 bridgehead atoms. The highest BCUT2D eigenvalue weighted by atomic mass is 16.3. The molecule has 0 amide bonds. The maximum absolute atomic E-state index is 9.22. The summed E-state index contributed by atoms with van der Waals surface area (Å²) in [6.07, 6.45) is 2.53. The molecule has 0 fully saturated rings. The molecule has 0 unspecified atom stereocenters. The van der Waals surface area contributed by atoms with Crippen LogP contribution in [0.15, 0.2) is 12.5 Å². The number of nitrogens with two attached hydrogens (primary N) is 1. The molecule has 0 saturated heterocycles. The Morgan fingerprint density at radius 1 is 1.57 bits per heavy atom. The van der Waals surface area contributed by atoms with Gasteiger partial charge in [-0.25, -0.2) is 14.6 Å². The highest BCUT2D eigenvalue weighted by Gasteiger charge is 2.08. The number of fused-ring (bicyclic) bond motifs is 1. The second-order valence-corrected chi connectivity index (χ2v) is 3.17. The van der Waals surface area contributed by atoms with Gasteiger partial charge in [0.15, 0.2) is 5.65 Å². The molecule has 74 valence electrons. The zero-order chi connectivity index (χ0) is 10.1. The standard InChI is InChI=1S/C8H11N5O/c1-5(14)3-13-8-6(2-12-13)7(9)10-4-11-8/h2,4-5,14H,3H2,1H3,(H2,9,10,11)/t5-/m1/s1. The van der Waals surface area contributed by atoms with Crippen molar-refractivity contribution in [2.24, 2.45) is 0 Å². The molecule has 6 nitrogen and oxygen atoms in total. The largest absolute Gasteiger partial charge is 0.391 e. The smallest absolute Gasteiger partial charge is 0.163 e. The maximum atomic E-state index is 9.22. The number of rotatable bonds is 2. The third kappa shape index (κ3) is 1.39. The van der Waals surface area contributed by atoms with Gasteiger partial charge in [-0.05, 0) is 6.92 Å². The number of hydrogen-bond acceptors (Lipinski definition) is 5. The zero-order valence-electron chi connectivity index (χ0n) is 7.75. The first-order chi connectivity index (χ1) is 6.68. The van der Waals surface area contributed by atoms with Crippen LogP contribution >= 0.6 is 0 Å². The van der Waals surface area contributed by atoms with Crippen LogP contribution < -0.4 is 5.73 Å². The van der Waals surface area contributed by atoms with E-state index in [-0.39, 0.29) is 0 Å². The lowest BCUT2D eigenvalue weighted by molar-refractivity contribution is 0.170. The van der Waals surface area contributed by atoms with Gasteiger partial charge >= 0.3 is 0 Å². The highest BCUT2D eigenvalue weighted by molar-refractivity contribution is 5.84. The molecule has 0 aliphatic rings. The Bertz CT molecular complexity index is 450. The van der Waals surface area contributed by atoms with E-state index in [1.165, 1.54) is 6.33 Å². The van der Waals surface area contributed by atoms with E-state index in [0.29, 0.717) is 23.4 Å². The monoisotopic (exact) mass is 193 g/mol. The number of aliphatic hydroxyl groups excluding tert-OH is 1. The van der Waals surface area contributed by atoms with Crippen LogP contribution in [0.2, 0.25) is 0 Å². The minimum absolute atomic E-state index is 0.403. The summed E-state index contributed by atoms with van der Waals surface area (Å²) in [6, 6.07) is 0. The Balaban J connectivity index is 2.52. The van der Waals surface area contributed by atoms with Crippen molar-refractivity contribution in [3.05, 3.63) is 12.5 Å². The van der Waals surface area contributed by atoms with Gasteiger partial charge in [0, 0.05) is 0 Å². The molecule has 3 N–H and O–H groups in total. The molecular weight excluding hydrogens is 182 g/mol. The second-order valence-electron chi connectivity index (χ2n) is 3.17. The van der Waals surface area contributed by atoms with Crippen LogP contribution in [0.3, 0.4) is 0 Å². The fourth-order valence-corrected chi connectivity index (χ4v) is 1.29. The average Bonchev–Trinajstić information content (AvgIpc) is 2.49. The number of nitrogens with zero attached hydrogens (tertiary/aromatic N) is 4. The van der Waals surface area contributed by atoms with Crippen molar-refractivity contribution in [3.8, 4) is 0 Å². The van der Waals surface area contributed by atoms with E-state index >= 15 is 0 Å². The summed E-state index contributed by atoms with van der Waals surface area (Å²) in [5.74, 6) is 0.409. The van der Waals surface area contributed by atoms with E-state index in [2.05, 4.69) is 15.1 Å². The molecule has 0 aliphatic heterocycles. The molecule has 0 saturated carbocycles. The van der Waals surface area contributed by atoms with Crippen LogP contribution in [0.4, 0.5) is 5.82 Å². The van der Waals surface area contributed by atoms with Gasteiger partial charge in [0.1, 0.15) is 12.1 Å². The summed E-state index contributed by atoms with van der Waals surface area (Å²) in [7, 11) is 0. The van der Waals surface area contributed by atoms with Crippen LogP contribution in [-0.4, -0.2) is 31.0 Å². The third-order valence-electron chi connectivity index (χ3n) is 1.90. The first kappa shape index (κ1) is 8.89. The van der Waals surface area contributed by atoms with Gasteiger partial charge < -0.3 is 10.8 Å². The molecule has 2 aromatic heterocycles. The Morgan fingerprint density at radius 3 is 3.07 bits per heavy atom. The van der Waals surface area contributed by atoms with Gasteiger partial charge in [0.25, 0.3) is 0 Å². The molecular formula is C8H11N5O. The lowest BCUT2D eigenvalue weighted by Gasteiger charge is -2.04. The summed E-state index contributed by atoms with van der Waals surface area (Å²) in [5.41, 5.74) is 6.28.